The summed E-state index contributed by atoms with van der Waals surface area (Å²) in [5, 5.41) is 4.06. The standard InChI is InChI=1S/C15H23N5O2S/c16-15(20-5-7-23-8-6-20)17-9-11-3-4-12(21-11)14-18-13(19-22-14)10-1-2-10/h10-12H,1-9H2,(H2,16,17)/t11-,12+/m1/s1. The van der Waals surface area contributed by atoms with Gasteiger partial charge >= 0.3 is 0 Å². The van der Waals surface area contributed by atoms with E-state index in [0.29, 0.717) is 24.3 Å². The van der Waals surface area contributed by atoms with Crippen molar-refractivity contribution in [2.45, 2.75) is 43.8 Å². The summed E-state index contributed by atoms with van der Waals surface area (Å²) in [6.07, 6.45) is 4.23. The molecule has 1 aliphatic carbocycles. The number of ether oxygens (including phenoxy) is 1. The zero-order valence-corrected chi connectivity index (χ0v) is 14.0. The van der Waals surface area contributed by atoms with Gasteiger partial charge in [0.2, 0.25) is 0 Å². The highest BCUT2D eigenvalue weighted by Crippen LogP contribution is 2.39. The second-order valence-corrected chi connectivity index (χ2v) is 7.61. The van der Waals surface area contributed by atoms with Gasteiger partial charge in [0.15, 0.2) is 11.8 Å². The van der Waals surface area contributed by atoms with Crippen LogP contribution in [0.25, 0.3) is 0 Å². The average molecular weight is 337 g/mol. The lowest BCUT2D eigenvalue weighted by Crippen LogP contribution is -2.43. The first-order chi connectivity index (χ1) is 11.3. The molecule has 2 aliphatic heterocycles. The molecule has 3 fully saturated rings. The Hall–Kier alpha value is -1.28. The van der Waals surface area contributed by atoms with Gasteiger partial charge < -0.3 is 19.9 Å². The quantitative estimate of drug-likeness (QED) is 0.658. The van der Waals surface area contributed by atoms with Crippen LogP contribution in [-0.2, 0) is 4.74 Å². The molecule has 3 heterocycles. The fraction of sp³-hybridized carbons (Fsp3) is 0.800. The number of nitrogens with two attached hydrogens (primary N) is 1. The molecular weight excluding hydrogens is 314 g/mol. The maximum Gasteiger partial charge on any atom is 0.255 e. The summed E-state index contributed by atoms with van der Waals surface area (Å²) in [7, 11) is 0. The largest absolute Gasteiger partial charge is 0.370 e. The lowest BCUT2D eigenvalue weighted by molar-refractivity contribution is 0.0308. The van der Waals surface area contributed by atoms with E-state index in [1.165, 1.54) is 12.8 Å². The summed E-state index contributed by atoms with van der Waals surface area (Å²) in [4.78, 5) is 11.2. The Morgan fingerprint density at radius 1 is 1.26 bits per heavy atom. The predicted octanol–water partition coefficient (Wildman–Crippen LogP) is 1.53. The molecule has 0 amide bonds. The van der Waals surface area contributed by atoms with Gasteiger partial charge in [0.05, 0.1) is 12.6 Å². The highest BCUT2D eigenvalue weighted by molar-refractivity contribution is 7.99. The molecule has 1 aromatic heterocycles. The maximum absolute atomic E-state index is 6.09. The molecule has 126 valence electrons. The maximum atomic E-state index is 6.09. The molecule has 7 nitrogen and oxygen atoms in total. The van der Waals surface area contributed by atoms with E-state index < -0.39 is 0 Å². The molecule has 1 aromatic rings. The van der Waals surface area contributed by atoms with Crippen molar-refractivity contribution in [2.24, 2.45) is 10.7 Å². The van der Waals surface area contributed by atoms with E-state index in [9.17, 15) is 0 Å². The molecule has 0 aromatic carbocycles. The van der Waals surface area contributed by atoms with Gasteiger partial charge in [-0.05, 0) is 25.7 Å². The summed E-state index contributed by atoms with van der Waals surface area (Å²) in [5.74, 6) is 4.87. The Kier molecular flexibility index (Phi) is 4.43. The van der Waals surface area contributed by atoms with Crippen LogP contribution in [-0.4, -0.2) is 58.2 Å². The summed E-state index contributed by atoms with van der Waals surface area (Å²) in [6.45, 7) is 2.58. The number of nitrogens with zero attached hydrogens (tertiary/aromatic N) is 4. The van der Waals surface area contributed by atoms with E-state index in [1.807, 2.05) is 11.8 Å². The molecule has 23 heavy (non-hydrogen) atoms. The molecule has 1 saturated carbocycles. The fourth-order valence-electron chi connectivity index (χ4n) is 2.99. The Morgan fingerprint density at radius 3 is 2.87 bits per heavy atom. The van der Waals surface area contributed by atoms with Crippen LogP contribution in [0.4, 0.5) is 0 Å². The van der Waals surface area contributed by atoms with Gasteiger partial charge in [0, 0.05) is 30.5 Å². The van der Waals surface area contributed by atoms with Gasteiger partial charge in [-0.1, -0.05) is 5.16 Å². The van der Waals surface area contributed by atoms with Gasteiger partial charge in [0.1, 0.15) is 6.10 Å². The van der Waals surface area contributed by atoms with Gasteiger partial charge in [-0.2, -0.15) is 16.7 Å². The summed E-state index contributed by atoms with van der Waals surface area (Å²) in [6, 6.07) is 0. The molecular formula is C15H23N5O2S. The van der Waals surface area contributed by atoms with Crippen molar-refractivity contribution in [1.29, 1.82) is 0 Å². The number of hydrogen-bond donors (Lipinski definition) is 1. The summed E-state index contributed by atoms with van der Waals surface area (Å²) < 4.78 is 11.4. The smallest absolute Gasteiger partial charge is 0.255 e. The molecule has 2 N–H and O–H groups in total. The van der Waals surface area contributed by atoms with Crippen molar-refractivity contribution in [3.63, 3.8) is 0 Å². The normalized spacial score (nSPS) is 29.2. The number of guanidine groups is 1. The van der Waals surface area contributed by atoms with Crippen LogP contribution in [0, 0.1) is 0 Å². The van der Waals surface area contributed by atoms with Crippen LogP contribution in [0.3, 0.4) is 0 Å². The van der Waals surface area contributed by atoms with E-state index in [0.717, 1.165) is 43.3 Å². The average Bonchev–Trinajstić information content (AvgIpc) is 3.13. The minimum atomic E-state index is -0.0807. The zero-order valence-electron chi connectivity index (χ0n) is 13.2. The highest BCUT2D eigenvalue weighted by atomic mass is 32.2. The van der Waals surface area contributed by atoms with Crippen LogP contribution < -0.4 is 5.73 Å². The summed E-state index contributed by atoms with van der Waals surface area (Å²) >= 11 is 1.97. The first-order valence-electron chi connectivity index (χ1n) is 8.41. The van der Waals surface area contributed by atoms with Crippen LogP contribution in [0.2, 0.25) is 0 Å². The third-order valence-corrected chi connectivity index (χ3v) is 5.52. The van der Waals surface area contributed by atoms with Crippen molar-refractivity contribution in [3.8, 4) is 0 Å². The SMILES string of the molecule is NC(=NC[C@H]1CC[C@@H](c2nc(C3CC3)no2)O1)N1CCSCC1. The second kappa shape index (κ2) is 6.68. The van der Waals surface area contributed by atoms with E-state index in [2.05, 4.69) is 20.0 Å². The number of aliphatic imine (C=N–C) groups is 1. The Morgan fingerprint density at radius 2 is 2.09 bits per heavy atom. The molecule has 3 aliphatic rings. The second-order valence-electron chi connectivity index (χ2n) is 6.39. The highest BCUT2D eigenvalue weighted by Gasteiger charge is 2.34. The zero-order chi connectivity index (χ0) is 15.6. The molecule has 0 unspecified atom stereocenters. The topological polar surface area (TPSA) is 89.8 Å². The lowest BCUT2D eigenvalue weighted by Gasteiger charge is -2.27. The minimum Gasteiger partial charge on any atom is -0.370 e. The van der Waals surface area contributed by atoms with Crippen LogP contribution in [0.5, 0.6) is 0 Å². The molecule has 2 saturated heterocycles. The number of rotatable bonds is 4. The number of hydrogen-bond acceptors (Lipinski definition) is 6. The van der Waals surface area contributed by atoms with E-state index in [-0.39, 0.29) is 12.2 Å². The number of aromatic nitrogens is 2. The number of thioether (sulfide) groups is 1. The third kappa shape index (κ3) is 3.63. The van der Waals surface area contributed by atoms with E-state index >= 15 is 0 Å². The van der Waals surface area contributed by atoms with Gasteiger partial charge in [-0.25, -0.2) is 0 Å². The third-order valence-electron chi connectivity index (χ3n) is 4.57. The van der Waals surface area contributed by atoms with Crippen molar-refractivity contribution in [3.05, 3.63) is 11.7 Å². The first kappa shape index (κ1) is 15.3. The minimum absolute atomic E-state index is 0.0807. The van der Waals surface area contributed by atoms with E-state index in [4.69, 9.17) is 15.0 Å². The Balaban J connectivity index is 1.29. The molecule has 0 spiro atoms. The molecule has 8 heteroatoms. The van der Waals surface area contributed by atoms with Crippen LogP contribution >= 0.6 is 11.8 Å². The fourth-order valence-corrected chi connectivity index (χ4v) is 3.90. The molecule has 2 atom stereocenters. The summed E-state index contributed by atoms with van der Waals surface area (Å²) in [5.41, 5.74) is 6.09. The predicted molar refractivity (Wildman–Crippen MR) is 88.5 cm³/mol. The van der Waals surface area contributed by atoms with Gasteiger partial charge in [-0.3, -0.25) is 4.99 Å². The monoisotopic (exact) mass is 337 g/mol. The molecule has 4 rings (SSSR count). The van der Waals surface area contributed by atoms with Gasteiger partial charge in [-0.15, -0.1) is 0 Å². The molecule has 0 bridgehead atoms. The van der Waals surface area contributed by atoms with Crippen molar-refractivity contribution in [1.82, 2.24) is 15.0 Å². The lowest BCUT2D eigenvalue weighted by atomic mass is 10.2. The molecule has 0 radical (unpaired) electrons. The Labute approximate surface area is 140 Å². The van der Waals surface area contributed by atoms with Crippen molar-refractivity contribution >= 4 is 17.7 Å². The van der Waals surface area contributed by atoms with Crippen molar-refractivity contribution < 1.29 is 9.26 Å². The van der Waals surface area contributed by atoms with Crippen molar-refractivity contribution in [2.75, 3.05) is 31.1 Å². The van der Waals surface area contributed by atoms with E-state index in [1.54, 1.807) is 0 Å². The first-order valence-corrected chi connectivity index (χ1v) is 9.56. The Bertz CT molecular complexity index is 568. The van der Waals surface area contributed by atoms with Crippen LogP contribution in [0.1, 0.15) is 49.4 Å². The van der Waals surface area contributed by atoms with Crippen LogP contribution in [0.15, 0.2) is 9.52 Å². The van der Waals surface area contributed by atoms with Gasteiger partial charge in [0.25, 0.3) is 5.89 Å².